The molecule has 38 heavy (non-hydrogen) atoms. The van der Waals surface area contributed by atoms with Gasteiger partial charge < -0.3 is 10.6 Å². The number of halogens is 1. The fraction of sp³-hybridized carbons (Fsp3) is 0.312. The Hall–Kier alpha value is -3.41. The van der Waals surface area contributed by atoms with E-state index in [2.05, 4.69) is 70.1 Å². The molecule has 4 rings (SSSR count). The van der Waals surface area contributed by atoms with E-state index in [0.29, 0.717) is 31.1 Å². The van der Waals surface area contributed by atoms with Crippen LogP contribution in [0, 0.1) is 0 Å². The van der Waals surface area contributed by atoms with Gasteiger partial charge in [0, 0.05) is 31.6 Å². The Morgan fingerprint density at radius 3 is 2.16 bits per heavy atom. The van der Waals surface area contributed by atoms with E-state index < -0.39 is 0 Å². The Morgan fingerprint density at radius 2 is 1.53 bits per heavy atom. The average Bonchev–Trinajstić information content (AvgIpc) is 3.07. The van der Waals surface area contributed by atoms with Crippen LogP contribution in [0.25, 0.3) is 5.57 Å². The Labute approximate surface area is 230 Å². The highest BCUT2D eigenvalue weighted by atomic mass is 35.5. The second-order valence-corrected chi connectivity index (χ2v) is 10.2. The molecule has 198 valence electrons. The van der Waals surface area contributed by atoms with E-state index in [4.69, 9.17) is 11.6 Å². The van der Waals surface area contributed by atoms with E-state index in [0.717, 1.165) is 24.8 Å². The molecule has 1 unspecified atom stereocenters. The molecule has 3 aromatic rings. The molecule has 1 aliphatic carbocycles. The van der Waals surface area contributed by atoms with Gasteiger partial charge in [-0.15, -0.1) is 0 Å². The fourth-order valence-electron chi connectivity index (χ4n) is 5.08. The summed E-state index contributed by atoms with van der Waals surface area (Å²) in [5.41, 5.74) is 7.46. The third kappa shape index (κ3) is 7.12. The van der Waals surface area contributed by atoms with Crippen molar-refractivity contribution in [2.75, 3.05) is 20.1 Å². The maximum Gasteiger partial charge on any atom is 0.237 e. The van der Waals surface area contributed by atoms with Crippen LogP contribution in [0.1, 0.15) is 47.6 Å². The summed E-state index contributed by atoms with van der Waals surface area (Å²) >= 11 is 6.28. The lowest BCUT2D eigenvalue weighted by atomic mass is 9.93. The second-order valence-electron chi connectivity index (χ2n) is 9.80. The van der Waals surface area contributed by atoms with Crippen molar-refractivity contribution in [1.82, 2.24) is 15.5 Å². The Morgan fingerprint density at radius 1 is 0.921 bits per heavy atom. The first-order chi connectivity index (χ1) is 18.4. The largest absolute Gasteiger partial charge is 0.356 e. The topological polar surface area (TPSA) is 61.4 Å². The second kappa shape index (κ2) is 13.4. The zero-order valence-electron chi connectivity index (χ0n) is 22.2. The molecule has 2 N–H and O–H groups in total. The molecule has 6 heteroatoms. The highest BCUT2D eigenvalue weighted by molar-refractivity contribution is 6.31. The molecule has 0 saturated carbocycles. The van der Waals surface area contributed by atoms with Crippen LogP contribution in [0.4, 0.5) is 0 Å². The van der Waals surface area contributed by atoms with Gasteiger partial charge in [-0.1, -0.05) is 84.4 Å². The maximum absolute atomic E-state index is 13.3. The SMILES string of the molecule is CC(=O)NCCC(C(=O)NCc1ccccc1Cl)N(C)CCC=C1c2ccccc2CCc2ccccc21. The lowest BCUT2D eigenvalue weighted by Crippen LogP contribution is -2.46. The van der Waals surface area contributed by atoms with Gasteiger partial charge >= 0.3 is 0 Å². The van der Waals surface area contributed by atoms with Crippen molar-refractivity contribution in [2.24, 2.45) is 0 Å². The van der Waals surface area contributed by atoms with Crippen molar-refractivity contribution < 1.29 is 9.59 Å². The van der Waals surface area contributed by atoms with Crippen molar-refractivity contribution in [3.8, 4) is 0 Å². The van der Waals surface area contributed by atoms with Crippen LogP contribution >= 0.6 is 11.6 Å². The third-order valence-corrected chi connectivity index (χ3v) is 7.52. The van der Waals surface area contributed by atoms with E-state index in [1.165, 1.54) is 34.8 Å². The molecule has 2 amide bonds. The Kier molecular flexibility index (Phi) is 9.74. The summed E-state index contributed by atoms with van der Waals surface area (Å²) in [4.78, 5) is 26.8. The van der Waals surface area contributed by atoms with Gasteiger partial charge in [0.1, 0.15) is 0 Å². The number of fused-ring (bicyclic) bond motifs is 2. The molecular formula is C32H36ClN3O2. The summed E-state index contributed by atoms with van der Waals surface area (Å²) in [6.07, 6.45) is 5.68. The average molecular weight is 530 g/mol. The summed E-state index contributed by atoms with van der Waals surface area (Å²) < 4.78 is 0. The van der Waals surface area contributed by atoms with Crippen molar-refractivity contribution in [3.05, 3.63) is 112 Å². The number of carbonyl (C=O) groups excluding carboxylic acids is 2. The summed E-state index contributed by atoms with van der Waals surface area (Å²) in [6, 6.07) is 24.4. The van der Waals surface area contributed by atoms with Crippen molar-refractivity contribution in [1.29, 1.82) is 0 Å². The zero-order valence-corrected chi connectivity index (χ0v) is 22.9. The smallest absolute Gasteiger partial charge is 0.237 e. The van der Waals surface area contributed by atoms with Crippen LogP contribution in [0.3, 0.4) is 0 Å². The van der Waals surface area contributed by atoms with E-state index >= 15 is 0 Å². The lowest BCUT2D eigenvalue weighted by Gasteiger charge is -2.27. The first kappa shape index (κ1) is 27.6. The summed E-state index contributed by atoms with van der Waals surface area (Å²) in [5, 5.41) is 6.50. The molecule has 3 aromatic carbocycles. The Bertz CT molecular complexity index is 1250. The minimum Gasteiger partial charge on any atom is -0.356 e. The molecule has 0 bridgehead atoms. The van der Waals surface area contributed by atoms with Crippen LogP contribution in [-0.2, 0) is 29.0 Å². The standard InChI is InChI=1S/C32H36ClN3O2/c1-23(37)34-20-19-31(32(38)35-22-26-12-5-8-16-30(26)33)36(2)21-9-15-29-27-13-6-3-10-24(27)17-18-25-11-4-7-14-28(25)29/h3-8,10-16,31H,9,17-22H2,1-2H3,(H,34,37)(H,35,38). The fourth-order valence-corrected chi connectivity index (χ4v) is 5.29. The van der Waals surface area contributed by atoms with E-state index in [1.807, 2.05) is 31.3 Å². The molecule has 0 saturated heterocycles. The highest BCUT2D eigenvalue weighted by Gasteiger charge is 2.23. The van der Waals surface area contributed by atoms with Crippen molar-refractivity contribution in [3.63, 3.8) is 0 Å². The van der Waals surface area contributed by atoms with Gasteiger partial charge in [0.25, 0.3) is 0 Å². The van der Waals surface area contributed by atoms with Gasteiger partial charge in [0.2, 0.25) is 11.8 Å². The van der Waals surface area contributed by atoms with Crippen molar-refractivity contribution in [2.45, 2.75) is 45.2 Å². The van der Waals surface area contributed by atoms with Crippen LogP contribution in [-0.4, -0.2) is 42.9 Å². The van der Waals surface area contributed by atoms with E-state index in [-0.39, 0.29) is 17.9 Å². The number of hydrogen-bond acceptors (Lipinski definition) is 3. The summed E-state index contributed by atoms with van der Waals surface area (Å²) in [6.45, 7) is 3.00. The van der Waals surface area contributed by atoms with E-state index in [9.17, 15) is 9.59 Å². The summed E-state index contributed by atoms with van der Waals surface area (Å²) in [7, 11) is 1.97. The molecule has 0 heterocycles. The minimum absolute atomic E-state index is 0.0735. The van der Waals surface area contributed by atoms with Crippen molar-refractivity contribution >= 4 is 29.0 Å². The number of hydrogen-bond donors (Lipinski definition) is 2. The normalized spacial score (nSPS) is 13.2. The number of rotatable bonds is 10. The molecule has 0 fully saturated rings. The van der Waals surface area contributed by atoms with Crippen LogP contribution < -0.4 is 10.6 Å². The molecular weight excluding hydrogens is 494 g/mol. The monoisotopic (exact) mass is 529 g/mol. The lowest BCUT2D eigenvalue weighted by molar-refractivity contribution is -0.127. The molecule has 1 aliphatic rings. The predicted molar refractivity (Wildman–Crippen MR) is 155 cm³/mol. The van der Waals surface area contributed by atoms with Gasteiger partial charge in [0.05, 0.1) is 6.04 Å². The maximum atomic E-state index is 13.3. The van der Waals surface area contributed by atoms with Gasteiger partial charge in [-0.2, -0.15) is 0 Å². The predicted octanol–water partition coefficient (Wildman–Crippen LogP) is 5.40. The highest BCUT2D eigenvalue weighted by Crippen LogP contribution is 2.33. The number of likely N-dealkylation sites (N-methyl/N-ethyl adjacent to an activating group) is 1. The van der Waals surface area contributed by atoms with Crippen LogP contribution in [0.15, 0.2) is 78.9 Å². The van der Waals surface area contributed by atoms with Gasteiger partial charge in [-0.25, -0.2) is 0 Å². The number of nitrogens with one attached hydrogen (secondary N) is 2. The number of carbonyl (C=O) groups is 2. The van der Waals surface area contributed by atoms with Crippen LogP contribution in [0.2, 0.25) is 5.02 Å². The zero-order chi connectivity index (χ0) is 26.9. The number of aryl methyl sites for hydroxylation is 2. The first-order valence-electron chi connectivity index (χ1n) is 13.3. The molecule has 0 aliphatic heterocycles. The van der Waals surface area contributed by atoms with E-state index in [1.54, 1.807) is 0 Å². The molecule has 0 spiro atoms. The molecule has 5 nitrogen and oxygen atoms in total. The third-order valence-electron chi connectivity index (χ3n) is 7.15. The number of amides is 2. The number of nitrogens with zero attached hydrogens (tertiary/aromatic N) is 1. The quantitative estimate of drug-likeness (QED) is 0.369. The van der Waals surface area contributed by atoms with Gasteiger partial charge in [-0.3, -0.25) is 14.5 Å². The van der Waals surface area contributed by atoms with Crippen LogP contribution in [0.5, 0.6) is 0 Å². The first-order valence-corrected chi connectivity index (χ1v) is 13.6. The summed E-state index contributed by atoms with van der Waals surface area (Å²) in [5.74, 6) is -0.172. The Balaban J connectivity index is 1.48. The van der Waals surface area contributed by atoms with Gasteiger partial charge in [0.15, 0.2) is 0 Å². The molecule has 1 atom stereocenters. The van der Waals surface area contributed by atoms with Gasteiger partial charge in [-0.05, 0) is 72.2 Å². The minimum atomic E-state index is -0.378. The number of benzene rings is 3. The molecule has 0 aromatic heterocycles. The molecule has 0 radical (unpaired) electrons.